The molecule has 0 spiro atoms. The van der Waals surface area contributed by atoms with Gasteiger partial charge in [0.25, 0.3) is 0 Å². The number of hydrogen-bond acceptors (Lipinski definition) is 5. The molecule has 0 aliphatic heterocycles. The molecule has 0 atom stereocenters. The van der Waals surface area contributed by atoms with Gasteiger partial charge in [0.15, 0.2) is 5.82 Å². The lowest BCUT2D eigenvalue weighted by molar-refractivity contribution is -0.136. The van der Waals surface area contributed by atoms with Gasteiger partial charge in [-0.3, -0.25) is 4.79 Å². The summed E-state index contributed by atoms with van der Waals surface area (Å²) < 4.78 is 0. The highest BCUT2D eigenvalue weighted by Gasteiger charge is 2.15. The molecule has 0 aliphatic carbocycles. The second-order valence-corrected chi connectivity index (χ2v) is 4.15. The molecule has 3 N–H and O–H groups in total. The molecule has 8 nitrogen and oxygen atoms in total. The number of aromatic amines is 2. The summed E-state index contributed by atoms with van der Waals surface area (Å²) in [6, 6.07) is 3.71. The van der Waals surface area contributed by atoms with Crippen molar-refractivity contribution in [2.45, 2.75) is 13.3 Å². The number of aliphatic carboxylic acids is 1. The molecule has 2 aromatic heterocycles. The first kappa shape index (κ1) is 11.3. The molecule has 3 aromatic rings. The van der Waals surface area contributed by atoms with Gasteiger partial charge in [-0.05, 0) is 29.3 Å². The zero-order chi connectivity index (χ0) is 13.4. The monoisotopic (exact) mass is 258 g/mol. The van der Waals surface area contributed by atoms with E-state index in [1.807, 2.05) is 19.1 Å². The molecular weight excluding hydrogens is 248 g/mol. The minimum atomic E-state index is -0.889. The molecule has 2 heterocycles. The van der Waals surface area contributed by atoms with E-state index in [1.165, 1.54) is 0 Å². The zero-order valence-corrected chi connectivity index (χ0v) is 10.0. The van der Waals surface area contributed by atoms with Gasteiger partial charge in [0.2, 0.25) is 5.82 Å². The fourth-order valence-electron chi connectivity index (χ4n) is 1.98. The fraction of sp³-hybridized carbons (Fsp3) is 0.182. The van der Waals surface area contributed by atoms with Gasteiger partial charge in [-0.15, -0.1) is 10.2 Å². The minimum Gasteiger partial charge on any atom is -0.481 e. The van der Waals surface area contributed by atoms with E-state index >= 15 is 0 Å². The molecule has 0 aliphatic rings. The lowest BCUT2D eigenvalue weighted by Crippen LogP contribution is -2.02. The number of benzene rings is 1. The largest absolute Gasteiger partial charge is 0.481 e. The predicted molar refractivity (Wildman–Crippen MR) is 65.3 cm³/mol. The van der Waals surface area contributed by atoms with Crippen molar-refractivity contribution < 1.29 is 9.90 Å². The number of carboxylic acid groups (broad SMARTS) is 1. The average molecular weight is 258 g/mol. The molecule has 0 saturated heterocycles. The maximum absolute atomic E-state index is 10.9. The van der Waals surface area contributed by atoms with Crippen LogP contribution in [0.15, 0.2) is 12.1 Å². The normalized spacial score (nSPS) is 11.0. The number of rotatable bonds is 3. The molecular formula is C11H10N6O2. The van der Waals surface area contributed by atoms with Crippen LogP contribution in [0.1, 0.15) is 11.1 Å². The van der Waals surface area contributed by atoms with E-state index < -0.39 is 5.97 Å². The molecule has 0 unspecified atom stereocenters. The molecule has 0 amide bonds. The summed E-state index contributed by atoms with van der Waals surface area (Å²) in [5, 5.41) is 22.5. The van der Waals surface area contributed by atoms with E-state index in [1.54, 1.807) is 0 Å². The number of imidazole rings is 1. The van der Waals surface area contributed by atoms with Crippen LogP contribution < -0.4 is 0 Å². The lowest BCUT2D eigenvalue weighted by atomic mass is 10.0. The Balaban J connectivity index is 2.19. The summed E-state index contributed by atoms with van der Waals surface area (Å²) in [6.07, 6.45) is -0.0697. The van der Waals surface area contributed by atoms with Gasteiger partial charge in [-0.1, -0.05) is 6.07 Å². The number of nitrogens with zero attached hydrogens (tertiary/aromatic N) is 4. The van der Waals surface area contributed by atoms with Crippen molar-refractivity contribution in [1.29, 1.82) is 0 Å². The third kappa shape index (κ3) is 1.92. The first-order valence-corrected chi connectivity index (χ1v) is 5.59. The van der Waals surface area contributed by atoms with Gasteiger partial charge in [0.1, 0.15) is 0 Å². The summed E-state index contributed by atoms with van der Waals surface area (Å²) >= 11 is 0. The Morgan fingerprint density at radius 1 is 1.42 bits per heavy atom. The summed E-state index contributed by atoms with van der Waals surface area (Å²) in [5.41, 5.74) is 2.96. The first-order chi connectivity index (χ1) is 9.15. The number of aromatic nitrogens is 6. The van der Waals surface area contributed by atoms with Crippen LogP contribution in [0, 0.1) is 6.92 Å². The van der Waals surface area contributed by atoms with Crippen LogP contribution in [-0.4, -0.2) is 41.7 Å². The van der Waals surface area contributed by atoms with E-state index in [0.29, 0.717) is 22.7 Å². The highest BCUT2D eigenvalue weighted by molar-refractivity contribution is 5.86. The smallest absolute Gasteiger partial charge is 0.307 e. The van der Waals surface area contributed by atoms with Gasteiger partial charge in [-0.25, -0.2) is 4.98 Å². The molecule has 0 radical (unpaired) electrons. The van der Waals surface area contributed by atoms with Crippen molar-refractivity contribution in [1.82, 2.24) is 30.6 Å². The van der Waals surface area contributed by atoms with Gasteiger partial charge in [0, 0.05) is 0 Å². The maximum Gasteiger partial charge on any atom is 0.307 e. The quantitative estimate of drug-likeness (QED) is 0.635. The Morgan fingerprint density at radius 3 is 2.95 bits per heavy atom. The van der Waals surface area contributed by atoms with Crippen molar-refractivity contribution >= 4 is 17.0 Å². The molecule has 0 bridgehead atoms. The SMILES string of the molecule is Cc1ccc2[nH]c(-c3nn[nH]n3)nc2c1CC(=O)O. The fourth-order valence-corrected chi connectivity index (χ4v) is 1.98. The van der Waals surface area contributed by atoms with E-state index in [0.717, 1.165) is 11.1 Å². The number of carbonyl (C=O) groups is 1. The van der Waals surface area contributed by atoms with Gasteiger partial charge >= 0.3 is 5.97 Å². The van der Waals surface area contributed by atoms with E-state index in [4.69, 9.17) is 5.11 Å². The second-order valence-electron chi connectivity index (χ2n) is 4.15. The van der Waals surface area contributed by atoms with Crippen LogP contribution in [-0.2, 0) is 11.2 Å². The first-order valence-electron chi connectivity index (χ1n) is 5.59. The third-order valence-corrected chi connectivity index (χ3v) is 2.88. The van der Waals surface area contributed by atoms with Crippen LogP contribution in [0.3, 0.4) is 0 Å². The second kappa shape index (κ2) is 4.16. The van der Waals surface area contributed by atoms with Gasteiger partial charge in [0.05, 0.1) is 17.5 Å². The summed E-state index contributed by atoms with van der Waals surface area (Å²) in [4.78, 5) is 18.3. The number of nitrogens with one attached hydrogen (secondary N) is 2. The third-order valence-electron chi connectivity index (χ3n) is 2.88. The zero-order valence-electron chi connectivity index (χ0n) is 10.0. The molecule has 8 heteroatoms. The topological polar surface area (TPSA) is 120 Å². The summed E-state index contributed by atoms with van der Waals surface area (Å²) in [6.45, 7) is 1.86. The number of fused-ring (bicyclic) bond motifs is 1. The van der Waals surface area contributed by atoms with Crippen molar-refractivity contribution in [3.05, 3.63) is 23.3 Å². The molecule has 3 rings (SSSR count). The minimum absolute atomic E-state index is 0.0697. The number of aryl methyl sites for hydroxylation is 1. The lowest BCUT2D eigenvalue weighted by Gasteiger charge is -2.02. The van der Waals surface area contributed by atoms with Gasteiger partial charge < -0.3 is 10.1 Å². The Labute approximate surface area is 106 Å². The number of hydrogen-bond donors (Lipinski definition) is 3. The van der Waals surface area contributed by atoms with Crippen LogP contribution in [0.25, 0.3) is 22.7 Å². The Hall–Kier alpha value is -2.77. The molecule has 0 saturated carbocycles. The number of tetrazole rings is 1. The molecule has 1 aromatic carbocycles. The summed E-state index contributed by atoms with van der Waals surface area (Å²) in [5.74, 6) is -0.0872. The standard InChI is InChI=1S/C11H10N6O2/c1-5-2-3-7-9(6(5)4-8(18)19)13-10(12-7)11-14-16-17-15-11/h2-3H,4H2,1H3,(H,12,13)(H,18,19)(H,14,15,16,17). The van der Waals surface area contributed by atoms with Gasteiger partial charge in [-0.2, -0.15) is 5.21 Å². The van der Waals surface area contributed by atoms with Crippen LogP contribution in [0.2, 0.25) is 0 Å². The Kier molecular flexibility index (Phi) is 2.48. The predicted octanol–water partition coefficient (Wildman–Crippen LogP) is 0.679. The molecule has 19 heavy (non-hydrogen) atoms. The number of carboxylic acids is 1. The maximum atomic E-state index is 10.9. The molecule has 96 valence electrons. The van der Waals surface area contributed by atoms with Crippen molar-refractivity contribution in [2.75, 3.05) is 0 Å². The average Bonchev–Trinajstić information content (AvgIpc) is 3.00. The number of H-pyrrole nitrogens is 2. The van der Waals surface area contributed by atoms with Crippen LogP contribution >= 0.6 is 0 Å². The highest BCUT2D eigenvalue weighted by atomic mass is 16.4. The van der Waals surface area contributed by atoms with Crippen LogP contribution in [0.4, 0.5) is 0 Å². The van der Waals surface area contributed by atoms with Crippen molar-refractivity contribution in [3.63, 3.8) is 0 Å². The Bertz CT molecular complexity index is 746. The van der Waals surface area contributed by atoms with E-state index in [-0.39, 0.29) is 6.42 Å². The van der Waals surface area contributed by atoms with E-state index in [2.05, 4.69) is 30.6 Å². The highest BCUT2D eigenvalue weighted by Crippen LogP contribution is 2.23. The Morgan fingerprint density at radius 2 is 2.26 bits per heavy atom. The van der Waals surface area contributed by atoms with Crippen LogP contribution in [0.5, 0.6) is 0 Å². The summed E-state index contributed by atoms with van der Waals surface area (Å²) in [7, 11) is 0. The van der Waals surface area contributed by atoms with Crippen molar-refractivity contribution in [3.8, 4) is 11.6 Å². The van der Waals surface area contributed by atoms with E-state index in [9.17, 15) is 4.79 Å². The van der Waals surface area contributed by atoms with Crippen molar-refractivity contribution in [2.24, 2.45) is 0 Å². The molecule has 0 fully saturated rings.